The molecule has 1 aromatic heterocycles. The molecule has 0 saturated carbocycles. The fraction of sp³-hybridized carbons (Fsp3) is 0.238. The molecule has 2 heterocycles. The molecule has 3 aromatic rings. The second-order valence-corrected chi connectivity index (χ2v) is 6.77. The highest BCUT2D eigenvalue weighted by atomic mass is 16.5. The van der Waals surface area contributed by atoms with Crippen LogP contribution in [-0.4, -0.2) is 53.2 Å². The second kappa shape index (κ2) is 8.24. The first-order chi connectivity index (χ1) is 14.1. The van der Waals surface area contributed by atoms with Crippen LogP contribution in [0, 0.1) is 0 Å². The van der Waals surface area contributed by atoms with Crippen LogP contribution in [0.1, 0.15) is 16.1 Å². The highest BCUT2D eigenvalue weighted by molar-refractivity contribution is 6.11. The first-order valence-electron chi connectivity index (χ1n) is 9.35. The van der Waals surface area contributed by atoms with E-state index in [2.05, 4.69) is 15.5 Å². The summed E-state index contributed by atoms with van der Waals surface area (Å²) in [6, 6.07) is 13.9. The Bertz CT molecular complexity index is 1100. The van der Waals surface area contributed by atoms with Crippen molar-refractivity contribution in [3.63, 3.8) is 0 Å². The predicted molar refractivity (Wildman–Crippen MR) is 108 cm³/mol. The van der Waals surface area contributed by atoms with Gasteiger partial charge in [-0.2, -0.15) is 5.10 Å². The van der Waals surface area contributed by atoms with Gasteiger partial charge in [-0.15, -0.1) is 0 Å². The molecule has 4 rings (SSSR count). The first kappa shape index (κ1) is 18.8. The van der Waals surface area contributed by atoms with Crippen molar-refractivity contribution >= 4 is 28.3 Å². The quantitative estimate of drug-likeness (QED) is 0.701. The molecule has 1 saturated heterocycles. The smallest absolute Gasteiger partial charge is 0.276 e. The molecule has 0 bridgehead atoms. The van der Waals surface area contributed by atoms with Gasteiger partial charge in [-0.3, -0.25) is 14.4 Å². The number of anilines is 1. The summed E-state index contributed by atoms with van der Waals surface area (Å²) in [5.74, 6) is -0.358. The van der Waals surface area contributed by atoms with E-state index in [4.69, 9.17) is 4.74 Å². The molecule has 1 fully saturated rings. The number of ether oxygens (including phenoxy) is 1. The minimum atomic E-state index is -0.422. The molecule has 0 radical (unpaired) electrons. The fourth-order valence-electron chi connectivity index (χ4n) is 3.28. The highest BCUT2D eigenvalue weighted by Gasteiger charge is 2.17. The van der Waals surface area contributed by atoms with Crippen molar-refractivity contribution in [3.8, 4) is 0 Å². The highest BCUT2D eigenvalue weighted by Crippen LogP contribution is 2.16. The van der Waals surface area contributed by atoms with E-state index >= 15 is 0 Å². The number of fused-ring (bicyclic) bond motifs is 1. The fourth-order valence-corrected chi connectivity index (χ4v) is 3.28. The van der Waals surface area contributed by atoms with Crippen LogP contribution in [0.4, 0.5) is 5.69 Å². The molecule has 8 nitrogen and oxygen atoms in total. The van der Waals surface area contributed by atoms with Crippen LogP contribution in [0.15, 0.2) is 53.3 Å². The van der Waals surface area contributed by atoms with Gasteiger partial charge in [0.25, 0.3) is 11.5 Å². The lowest BCUT2D eigenvalue weighted by atomic mass is 10.1. The largest absolute Gasteiger partial charge is 0.378 e. The molecule has 2 amide bonds. The molecule has 1 aliphatic heterocycles. The number of hydrogen-bond donors (Lipinski definition) is 2. The summed E-state index contributed by atoms with van der Waals surface area (Å²) in [6.07, 6.45) is 0.306. The first-order valence-corrected chi connectivity index (χ1v) is 9.35. The van der Waals surface area contributed by atoms with Gasteiger partial charge >= 0.3 is 0 Å². The Morgan fingerprint density at radius 2 is 1.72 bits per heavy atom. The zero-order chi connectivity index (χ0) is 20.2. The topological polar surface area (TPSA) is 104 Å². The normalized spacial score (nSPS) is 14.0. The van der Waals surface area contributed by atoms with Crippen molar-refractivity contribution in [1.29, 1.82) is 0 Å². The van der Waals surface area contributed by atoms with E-state index in [1.807, 2.05) is 12.1 Å². The van der Waals surface area contributed by atoms with Crippen LogP contribution in [0.3, 0.4) is 0 Å². The van der Waals surface area contributed by atoms with Crippen molar-refractivity contribution in [2.75, 3.05) is 31.6 Å². The van der Waals surface area contributed by atoms with E-state index in [9.17, 15) is 14.4 Å². The molecule has 1 aliphatic rings. The minimum Gasteiger partial charge on any atom is -0.378 e. The zero-order valence-electron chi connectivity index (χ0n) is 15.7. The SMILES string of the molecule is O=C(Nc1ccc(CC(=O)N2CCOCC2)cc1)c1n[nH]c(=O)c2ccccc12. The standard InChI is InChI=1S/C21H20N4O4/c26-18(25-9-11-29-12-10-25)13-14-5-7-15(8-6-14)22-21(28)19-16-3-1-2-4-17(16)20(27)24-23-19/h1-8H,9-13H2,(H,22,28)(H,24,27). The number of H-pyrrole nitrogens is 1. The van der Waals surface area contributed by atoms with Crippen molar-refractivity contribution in [2.45, 2.75) is 6.42 Å². The van der Waals surface area contributed by atoms with Gasteiger partial charge in [0.15, 0.2) is 5.69 Å². The van der Waals surface area contributed by atoms with Gasteiger partial charge in [-0.05, 0) is 23.8 Å². The molecule has 0 unspecified atom stereocenters. The third-order valence-corrected chi connectivity index (χ3v) is 4.84. The Labute approximate surface area is 166 Å². The average molecular weight is 392 g/mol. The van der Waals surface area contributed by atoms with Crippen LogP contribution in [0.25, 0.3) is 10.8 Å². The average Bonchev–Trinajstić information content (AvgIpc) is 2.76. The molecule has 148 valence electrons. The third kappa shape index (κ3) is 4.17. The molecule has 2 aromatic carbocycles. The number of hydrogen-bond acceptors (Lipinski definition) is 5. The number of aromatic amines is 1. The molecular formula is C21H20N4O4. The predicted octanol–water partition coefficient (Wildman–Crippen LogP) is 1.58. The van der Waals surface area contributed by atoms with Crippen LogP contribution >= 0.6 is 0 Å². The number of rotatable bonds is 4. The summed E-state index contributed by atoms with van der Waals surface area (Å²) in [7, 11) is 0. The van der Waals surface area contributed by atoms with E-state index in [-0.39, 0.29) is 17.2 Å². The molecular weight excluding hydrogens is 372 g/mol. The zero-order valence-corrected chi connectivity index (χ0v) is 15.7. The Balaban J connectivity index is 1.45. The lowest BCUT2D eigenvalue weighted by Crippen LogP contribution is -2.41. The molecule has 29 heavy (non-hydrogen) atoms. The molecule has 2 N–H and O–H groups in total. The Morgan fingerprint density at radius 3 is 2.45 bits per heavy atom. The summed E-state index contributed by atoms with van der Waals surface area (Å²) in [6.45, 7) is 2.38. The number of benzene rings is 2. The molecule has 8 heteroatoms. The molecule has 0 aliphatic carbocycles. The van der Waals surface area contributed by atoms with Crippen molar-refractivity contribution in [2.24, 2.45) is 0 Å². The van der Waals surface area contributed by atoms with E-state index in [0.29, 0.717) is 49.2 Å². The van der Waals surface area contributed by atoms with Crippen LogP contribution in [0.2, 0.25) is 0 Å². The Hall–Kier alpha value is -3.52. The monoisotopic (exact) mass is 392 g/mol. The number of carbonyl (C=O) groups excluding carboxylic acids is 2. The van der Waals surface area contributed by atoms with Gasteiger partial charge in [0.1, 0.15) is 0 Å². The van der Waals surface area contributed by atoms with Crippen molar-refractivity contribution < 1.29 is 14.3 Å². The van der Waals surface area contributed by atoms with Crippen LogP contribution in [-0.2, 0) is 16.0 Å². The summed E-state index contributed by atoms with van der Waals surface area (Å²) in [5.41, 5.74) is 1.25. The summed E-state index contributed by atoms with van der Waals surface area (Å²) >= 11 is 0. The Morgan fingerprint density at radius 1 is 1.03 bits per heavy atom. The lowest BCUT2D eigenvalue weighted by molar-refractivity contribution is -0.134. The molecule has 0 atom stereocenters. The van der Waals surface area contributed by atoms with E-state index in [0.717, 1.165) is 5.56 Å². The summed E-state index contributed by atoms with van der Waals surface area (Å²) < 4.78 is 5.26. The number of nitrogens with one attached hydrogen (secondary N) is 2. The van der Waals surface area contributed by atoms with Gasteiger partial charge in [0.05, 0.1) is 25.0 Å². The maximum atomic E-state index is 12.6. The maximum absolute atomic E-state index is 12.6. The number of nitrogens with zero attached hydrogens (tertiary/aromatic N) is 2. The third-order valence-electron chi connectivity index (χ3n) is 4.84. The van der Waals surface area contributed by atoms with Crippen LogP contribution in [0.5, 0.6) is 0 Å². The number of carbonyl (C=O) groups is 2. The van der Waals surface area contributed by atoms with E-state index in [1.165, 1.54) is 0 Å². The van der Waals surface area contributed by atoms with Crippen LogP contribution < -0.4 is 10.9 Å². The van der Waals surface area contributed by atoms with Crippen molar-refractivity contribution in [3.05, 3.63) is 70.1 Å². The lowest BCUT2D eigenvalue weighted by Gasteiger charge is -2.26. The second-order valence-electron chi connectivity index (χ2n) is 6.77. The van der Waals surface area contributed by atoms with Gasteiger partial charge in [-0.1, -0.05) is 30.3 Å². The van der Waals surface area contributed by atoms with Gasteiger partial charge in [-0.25, -0.2) is 5.10 Å². The van der Waals surface area contributed by atoms with Gasteiger partial charge in [0, 0.05) is 24.2 Å². The number of aromatic nitrogens is 2. The van der Waals surface area contributed by atoms with Gasteiger partial charge < -0.3 is 15.0 Å². The minimum absolute atomic E-state index is 0.0639. The maximum Gasteiger partial charge on any atom is 0.276 e. The Kier molecular flexibility index (Phi) is 5.35. The number of morpholine rings is 1. The number of amides is 2. The van der Waals surface area contributed by atoms with Gasteiger partial charge in [0.2, 0.25) is 5.91 Å². The summed E-state index contributed by atoms with van der Waals surface area (Å²) in [5, 5.41) is 9.93. The molecule has 0 spiro atoms. The van der Waals surface area contributed by atoms with E-state index in [1.54, 1.807) is 41.3 Å². The van der Waals surface area contributed by atoms with E-state index < -0.39 is 5.91 Å². The van der Waals surface area contributed by atoms with Crippen molar-refractivity contribution in [1.82, 2.24) is 15.1 Å². The summed E-state index contributed by atoms with van der Waals surface area (Å²) in [4.78, 5) is 38.6.